The Kier molecular flexibility index (Phi) is 2.70. The van der Waals surface area contributed by atoms with Gasteiger partial charge in [0.2, 0.25) is 0 Å². The fraction of sp³-hybridized carbons (Fsp3) is 0.571. The Bertz CT molecular complexity index is 346. The summed E-state index contributed by atoms with van der Waals surface area (Å²) >= 11 is 0. The summed E-state index contributed by atoms with van der Waals surface area (Å²) in [5.41, 5.74) is 2.81. The van der Waals surface area contributed by atoms with E-state index in [2.05, 4.69) is 41.4 Å². The Morgan fingerprint density at radius 1 is 1.12 bits per heavy atom. The second-order valence-electron chi connectivity index (χ2n) is 5.36. The van der Waals surface area contributed by atoms with E-state index in [-0.39, 0.29) is 0 Å². The van der Waals surface area contributed by atoms with Crippen LogP contribution in [0.5, 0.6) is 0 Å². The topological polar surface area (TPSA) is 15.3 Å². The highest BCUT2D eigenvalue weighted by atomic mass is 15.2. The highest BCUT2D eigenvalue weighted by Gasteiger charge is 2.35. The molecule has 0 radical (unpaired) electrons. The minimum absolute atomic E-state index is 0.908. The van der Waals surface area contributed by atoms with Gasteiger partial charge in [0, 0.05) is 19.6 Å². The summed E-state index contributed by atoms with van der Waals surface area (Å²) < 4.78 is 0. The number of nitrogens with zero attached hydrogens (tertiary/aromatic N) is 1. The van der Waals surface area contributed by atoms with Gasteiger partial charge in [0.05, 0.1) is 0 Å². The normalized spacial score (nSPS) is 29.6. The lowest BCUT2D eigenvalue weighted by Gasteiger charge is -2.16. The van der Waals surface area contributed by atoms with Crippen molar-refractivity contribution in [3.05, 3.63) is 35.4 Å². The molecule has 2 saturated heterocycles. The summed E-state index contributed by atoms with van der Waals surface area (Å²) in [6.07, 6.45) is 0. The molecule has 16 heavy (non-hydrogen) atoms. The number of benzene rings is 1. The summed E-state index contributed by atoms with van der Waals surface area (Å²) in [7, 11) is 0. The van der Waals surface area contributed by atoms with Crippen molar-refractivity contribution in [3.8, 4) is 0 Å². The largest absolute Gasteiger partial charge is 0.316 e. The zero-order chi connectivity index (χ0) is 11.0. The number of nitrogens with one attached hydrogen (secondary N) is 1. The Labute approximate surface area is 97.6 Å². The standard InChI is InChI=1S/C14H20N2/c1-11-2-4-12(5-3-11)8-16-9-13-6-15-7-14(13)10-16/h2-5,13-15H,6-10H2,1H3. The molecule has 1 N–H and O–H groups in total. The molecule has 0 spiro atoms. The van der Waals surface area contributed by atoms with E-state index in [0.717, 1.165) is 18.4 Å². The fourth-order valence-corrected chi connectivity index (χ4v) is 3.03. The van der Waals surface area contributed by atoms with Crippen LogP contribution in [0.25, 0.3) is 0 Å². The summed E-state index contributed by atoms with van der Waals surface area (Å²) in [5, 5.41) is 3.49. The predicted octanol–water partition coefficient (Wildman–Crippen LogP) is 1.65. The van der Waals surface area contributed by atoms with Crippen molar-refractivity contribution in [1.29, 1.82) is 0 Å². The molecule has 2 aliphatic heterocycles. The van der Waals surface area contributed by atoms with Gasteiger partial charge in [-0.25, -0.2) is 0 Å². The molecule has 0 amide bonds. The molecule has 1 aromatic carbocycles. The van der Waals surface area contributed by atoms with Crippen LogP contribution in [0.1, 0.15) is 11.1 Å². The van der Waals surface area contributed by atoms with E-state index in [0.29, 0.717) is 0 Å². The Morgan fingerprint density at radius 3 is 2.38 bits per heavy atom. The predicted molar refractivity (Wildman–Crippen MR) is 66.3 cm³/mol. The molecule has 2 atom stereocenters. The van der Waals surface area contributed by atoms with E-state index in [1.54, 1.807) is 0 Å². The minimum atomic E-state index is 0.908. The first-order valence-corrected chi connectivity index (χ1v) is 6.30. The van der Waals surface area contributed by atoms with Gasteiger partial charge < -0.3 is 5.32 Å². The zero-order valence-corrected chi connectivity index (χ0v) is 9.95. The third kappa shape index (κ3) is 2.00. The van der Waals surface area contributed by atoms with Crippen molar-refractivity contribution >= 4 is 0 Å². The van der Waals surface area contributed by atoms with Gasteiger partial charge in [0.1, 0.15) is 0 Å². The summed E-state index contributed by atoms with van der Waals surface area (Å²) in [6.45, 7) is 8.31. The highest BCUT2D eigenvalue weighted by molar-refractivity contribution is 5.21. The molecule has 0 saturated carbocycles. The third-order valence-electron chi connectivity index (χ3n) is 3.99. The molecule has 0 aliphatic carbocycles. The number of hydrogen-bond donors (Lipinski definition) is 1. The summed E-state index contributed by atoms with van der Waals surface area (Å²) in [5.74, 6) is 1.82. The molecule has 86 valence electrons. The Morgan fingerprint density at radius 2 is 1.75 bits per heavy atom. The molecule has 2 heteroatoms. The molecule has 2 nitrogen and oxygen atoms in total. The van der Waals surface area contributed by atoms with Crippen LogP contribution >= 0.6 is 0 Å². The van der Waals surface area contributed by atoms with Gasteiger partial charge >= 0.3 is 0 Å². The van der Waals surface area contributed by atoms with Crippen LogP contribution in [0.3, 0.4) is 0 Å². The lowest BCUT2D eigenvalue weighted by Crippen LogP contribution is -2.25. The van der Waals surface area contributed by atoms with Gasteiger partial charge in [-0.05, 0) is 37.4 Å². The average Bonchev–Trinajstić information content (AvgIpc) is 2.81. The van der Waals surface area contributed by atoms with Crippen LogP contribution in [0.2, 0.25) is 0 Å². The van der Waals surface area contributed by atoms with Crippen molar-refractivity contribution in [2.75, 3.05) is 26.2 Å². The van der Waals surface area contributed by atoms with Crippen LogP contribution in [0, 0.1) is 18.8 Å². The summed E-state index contributed by atoms with van der Waals surface area (Å²) in [6, 6.07) is 8.96. The quantitative estimate of drug-likeness (QED) is 0.808. The van der Waals surface area contributed by atoms with Gasteiger partial charge in [-0.3, -0.25) is 4.90 Å². The molecule has 2 unspecified atom stereocenters. The van der Waals surface area contributed by atoms with E-state index in [1.165, 1.54) is 37.3 Å². The molecular formula is C14H20N2. The van der Waals surface area contributed by atoms with Crippen molar-refractivity contribution in [2.24, 2.45) is 11.8 Å². The van der Waals surface area contributed by atoms with E-state index in [1.807, 2.05) is 0 Å². The van der Waals surface area contributed by atoms with E-state index in [4.69, 9.17) is 0 Å². The molecule has 0 bridgehead atoms. The molecule has 1 aromatic rings. The second kappa shape index (κ2) is 4.19. The van der Waals surface area contributed by atoms with Crippen molar-refractivity contribution in [2.45, 2.75) is 13.5 Å². The van der Waals surface area contributed by atoms with Gasteiger partial charge in [0.25, 0.3) is 0 Å². The van der Waals surface area contributed by atoms with Gasteiger partial charge in [0.15, 0.2) is 0 Å². The van der Waals surface area contributed by atoms with Gasteiger partial charge in [-0.15, -0.1) is 0 Å². The van der Waals surface area contributed by atoms with Crippen molar-refractivity contribution < 1.29 is 0 Å². The van der Waals surface area contributed by atoms with Crippen LogP contribution in [-0.2, 0) is 6.54 Å². The molecule has 2 heterocycles. The molecule has 0 aromatic heterocycles. The van der Waals surface area contributed by atoms with E-state index >= 15 is 0 Å². The SMILES string of the molecule is Cc1ccc(CN2CC3CNCC3C2)cc1. The van der Waals surface area contributed by atoms with E-state index < -0.39 is 0 Å². The lowest BCUT2D eigenvalue weighted by molar-refractivity contribution is 0.305. The van der Waals surface area contributed by atoms with Crippen molar-refractivity contribution in [3.63, 3.8) is 0 Å². The second-order valence-corrected chi connectivity index (χ2v) is 5.36. The molecule has 3 rings (SSSR count). The first-order valence-electron chi connectivity index (χ1n) is 6.30. The number of fused-ring (bicyclic) bond motifs is 1. The lowest BCUT2D eigenvalue weighted by atomic mass is 10.0. The van der Waals surface area contributed by atoms with Crippen molar-refractivity contribution in [1.82, 2.24) is 10.2 Å². The zero-order valence-electron chi connectivity index (χ0n) is 9.95. The van der Waals surface area contributed by atoms with Crippen LogP contribution in [-0.4, -0.2) is 31.1 Å². The van der Waals surface area contributed by atoms with E-state index in [9.17, 15) is 0 Å². The monoisotopic (exact) mass is 216 g/mol. The van der Waals surface area contributed by atoms with Gasteiger partial charge in [-0.1, -0.05) is 29.8 Å². The number of aryl methyl sites for hydroxylation is 1. The van der Waals surface area contributed by atoms with Gasteiger partial charge in [-0.2, -0.15) is 0 Å². The third-order valence-corrected chi connectivity index (χ3v) is 3.99. The average molecular weight is 216 g/mol. The maximum absolute atomic E-state index is 3.49. The van der Waals surface area contributed by atoms with Crippen LogP contribution in [0.15, 0.2) is 24.3 Å². The number of rotatable bonds is 2. The number of likely N-dealkylation sites (tertiary alicyclic amines) is 1. The first kappa shape index (κ1) is 10.3. The smallest absolute Gasteiger partial charge is 0.0233 e. The molecular weight excluding hydrogens is 196 g/mol. The maximum Gasteiger partial charge on any atom is 0.0233 e. The fourth-order valence-electron chi connectivity index (χ4n) is 3.03. The van der Waals surface area contributed by atoms with Crippen LogP contribution < -0.4 is 5.32 Å². The Balaban J connectivity index is 1.62. The van der Waals surface area contributed by atoms with Crippen LogP contribution in [0.4, 0.5) is 0 Å². The molecule has 2 aliphatic rings. The maximum atomic E-state index is 3.49. The summed E-state index contributed by atoms with van der Waals surface area (Å²) in [4.78, 5) is 2.61. The first-order chi connectivity index (χ1) is 7.81. The Hall–Kier alpha value is -0.860. The highest BCUT2D eigenvalue weighted by Crippen LogP contribution is 2.27. The number of hydrogen-bond acceptors (Lipinski definition) is 2. The molecule has 2 fully saturated rings. The minimum Gasteiger partial charge on any atom is -0.316 e.